The van der Waals surface area contributed by atoms with E-state index in [4.69, 9.17) is 14.5 Å². The molecule has 2 aliphatic heterocycles. The van der Waals surface area contributed by atoms with E-state index in [-0.39, 0.29) is 0 Å². The van der Waals surface area contributed by atoms with Crippen LogP contribution in [0.5, 0.6) is 11.5 Å². The second kappa shape index (κ2) is 10.7. The highest BCUT2D eigenvalue weighted by atomic mass is 32.1. The fraction of sp³-hybridized carbons (Fsp3) is 0.344. The molecule has 190 valence electrons. The predicted octanol–water partition coefficient (Wildman–Crippen LogP) is 8.06. The van der Waals surface area contributed by atoms with Gasteiger partial charge in [0.2, 0.25) is 6.79 Å². The zero-order valence-corrected chi connectivity index (χ0v) is 22.5. The maximum Gasteiger partial charge on any atom is 0.231 e. The highest BCUT2D eigenvalue weighted by Crippen LogP contribution is 2.42. The number of thiazole rings is 1. The van der Waals surface area contributed by atoms with Crippen molar-refractivity contribution in [1.82, 2.24) is 9.88 Å². The Morgan fingerprint density at radius 1 is 0.892 bits per heavy atom. The van der Waals surface area contributed by atoms with E-state index in [0.717, 1.165) is 49.5 Å². The molecule has 37 heavy (non-hydrogen) atoms. The van der Waals surface area contributed by atoms with Crippen molar-refractivity contribution in [2.24, 2.45) is 0 Å². The first kappa shape index (κ1) is 24.2. The van der Waals surface area contributed by atoms with Gasteiger partial charge in [0, 0.05) is 23.0 Å². The molecule has 6 rings (SSSR count). The summed E-state index contributed by atoms with van der Waals surface area (Å²) in [5.41, 5.74) is 11.2. The summed E-state index contributed by atoms with van der Waals surface area (Å²) in [7, 11) is 0. The number of benzene rings is 3. The van der Waals surface area contributed by atoms with Crippen LogP contribution in [0.2, 0.25) is 0 Å². The Morgan fingerprint density at radius 3 is 2.49 bits per heavy atom. The Hall–Kier alpha value is -3.15. The topological polar surface area (TPSA) is 34.6 Å². The lowest BCUT2D eigenvalue weighted by Crippen LogP contribution is -2.32. The van der Waals surface area contributed by atoms with Crippen LogP contribution >= 0.6 is 11.3 Å². The number of nitrogens with zero attached hydrogens (tertiary/aromatic N) is 2. The molecule has 1 aromatic heterocycles. The van der Waals surface area contributed by atoms with Gasteiger partial charge in [-0.25, -0.2) is 4.98 Å². The highest BCUT2D eigenvalue weighted by molar-refractivity contribution is 7.10. The number of ether oxygens (including phenoxy) is 2. The van der Waals surface area contributed by atoms with Crippen LogP contribution in [0, 0.1) is 0 Å². The third-order valence-electron chi connectivity index (χ3n) is 7.83. The monoisotopic (exact) mass is 510 g/mol. The summed E-state index contributed by atoms with van der Waals surface area (Å²) in [4.78, 5) is 8.93. The van der Waals surface area contributed by atoms with Gasteiger partial charge in [0.05, 0.1) is 11.2 Å². The van der Waals surface area contributed by atoms with Gasteiger partial charge < -0.3 is 9.47 Å². The zero-order chi connectivity index (χ0) is 25.2. The van der Waals surface area contributed by atoms with Crippen LogP contribution in [0.4, 0.5) is 0 Å². The maximum absolute atomic E-state index is 5.69. The third kappa shape index (κ3) is 4.67. The van der Waals surface area contributed by atoms with Crippen LogP contribution in [0.15, 0.2) is 66.2 Å². The molecule has 0 saturated carbocycles. The van der Waals surface area contributed by atoms with Crippen LogP contribution in [0.1, 0.15) is 60.7 Å². The van der Waals surface area contributed by atoms with Gasteiger partial charge >= 0.3 is 0 Å². The third-order valence-corrected chi connectivity index (χ3v) is 8.65. The minimum absolute atomic E-state index is 0.317. The van der Waals surface area contributed by atoms with Crippen molar-refractivity contribution in [1.29, 1.82) is 0 Å². The fourth-order valence-corrected chi connectivity index (χ4v) is 6.76. The molecular formula is C32H34N2O2S. The van der Waals surface area contributed by atoms with Crippen molar-refractivity contribution in [3.8, 4) is 33.9 Å². The fourth-order valence-electron chi connectivity index (χ4n) is 5.96. The van der Waals surface area contributed by atoms with Crippen molar-refractivity contribution in [2.45, 2.75) is 58.5 Å². The second-order valence-corrected chi connectivity index (χ2v) is 10.9. The molecule has 4 nitrogen and oxygen atoms in total. The molecule has 5 heteroatoms. The molecule has 1 saturated heterocycles. The minimum atomic E-state index is 0.317. The number of hydrogen-bond acceptors (Lipinski definition) is 5. The van der Waals surface area contributed by atoms with E-state index in [1.54, 1.807) is 11.3 Å². The van der Waals surface area contributed by atoms with E-state index >= 15 is 0 Å². The van der Waals surface area contributed by atoms with Gasteiger partial charge in [0.25, 0.3) is 0 Å². The molecule has 0 aliphatic carbocycles. The molecule has 1 unspecified atom stereocenters. The van der Waals surface area contributed by atoms with Gasteiger partial charge in [-0.05, 0) is 72.2 Å². The summed E-state index contributed by atoms with van der Waals surface area (Å²) in [6, 6.07) is 22.4. The van der Waals surface area contributed by atoms with Crippen LogP contribution in [-0.2, 0) is 19.4 Å². The first-order valence-corrected chi connectivity index (χ1v) is 14.4. The summed E-state index contributed by atoms with van der Waals surface area (Å²) in [5, 5.41) is 0. The van der Waals surface area contributed by atoms with Gasteiger partial charge in [0.15, 0.2) is 11.5 Å². The summed E-state index contributed by atoms with van der Waals surface area (Å²) in [6.45, 7) is 6.82. The number of aromatic nitrogens is 1. The Bertz CT molecular complexity index is 1370. The standard InChI is InChI=1S/C32H34N2O2S/c1-3-22-10-9-11-23(4-2)31(22)25-12-5-6-13-26(25)32-30(37-20-33-32)19-34-17-8-7-14-27(34)24-15-16-28-29(18-24)36-21-35-28/h5-6,9-13,15-16,18,20,27H,3-4,7-8,14,17,19,21H2,1-2H3. The van der Waals surface area contributed by atoms with Crippen molar-refractivity contribution >= 4 is 11.3 Å². The average molecular weight is 511 g/mol. The lowest BCUT2D eigenvalue weighted by Gasteiger charge is -2.36. The number of fused-ring (bicyclic) bond motifs is 1. The van der Waals surface area contributed by atoms with Gasteiger partial charge in [-0.3, -0.25) is 4.90 Å². The lowest BCUT2D eigenvalue weighted by atomic mass is 9.88. The van der Waals surface area contributed by atoms with E-state index in [1.807, 2.05) is 5.51 Å². The van der Waals surface area contributed by atoms with Crippen molar-refractivity contribution in [3.05, 3.63) is 87.7 Å². The molecule has 0 N–H and O–H groups in total. The summed E-state index contributed by atoms with van der Waals surface area (Å²) in [5.74, 6) is 1.73. The Kier molecular flexibility index (Phi) is 6.99. The summed E-state index contributed by atoms with van der Waals surface area (Å²) in [6.07, 6.45) is 5.68. The van der Waals surface area contributed by atoms with Gasteiger partial charge in [0.1, 0.15) is 0 Å². The predicted molar refractivity (Wildman–Crippen MR) is 151 cm³/mol. The number of likely N-dealkylation sites (tertiary alicyclic amines) is 1. The minimum Gasteiger partial charge on any atom is -0.454 e. The SMILES string of the molecule is CCc1cccc(CC)c1-c1ccccc1-c1ncsc1CN1CCCCC1c1ccc2c(c1)OCO2. The largest absolute Gasteiger partial charge is 0.454 e. The van der Waals surface area contributed by atoms with Crippen LogP contribution < -0.4 is 9.47 Å². The van der Waals surface area contributed by atoms with Crippen LogP contribution in [0.3, 0.4) is 0 Å². The number of piperidine rings is 1. The van der Waals surface area contributed by atoms with E-state index in [2.05, 4.69) is 79.4 Å². The van der Waals surface area contributed by atoms with Gasteiger partial charge in [-0.2, -0.15) is 0 Å². The van der Waals surface area contributed by atoms with Gasteiger partial charge in [-0.15, -0.1) is 11.3 Å². The quantitative estimate of drug-likeness (QED) is 0.252. The number of aryl methyl sites for hydroxylation is 2. The van der Waals surface area contributed by atoms with Crippen molar-refractivity contribution in [3.63, 3.8) is 0 Å². The van der Waals surface area contributed by atoms with Crippen LogP contribution in [0.25, 0.3) is 22.4 Å². The summed E-state index contributed by atoms with van der Waals surface area (Å²) >= 11 is 1.78. The molecule has 0 bridgehead atoms. The van der Waals surface area contributed by atoms with E-state index in [9.17, 15) is 0 Å². The molecule has 0 spiro atoms. The smallest absolute Gasteiger partial charge is 0.231 e. The van der Waals surface area contributed by atoms with Gasteiger partial charge in [-0.1, -0.05) is 68.8 Å². The number of hydrogen-bond donors (Lipinski definition) is 0. The maximum atomic E-state index is 5.69. The molecule has 4 aromatic rings. The van der Waals surface area contributed by atoms with Crippen LogP contribution in [-0.4, -0.2) is 23.2 Å². The molecule has 0 amide bonds. The first-order chi connectivity index (χ1) is 18.3. The first-order valence-electron chi connectivity index (χ1n) is 13.5. The Morgan fingerprint density at radius 2 is 1.68 bits per heavy atom. The summed E-state index contributed by atoms with van der Waals surface area (Å²) < 4.78 is 11.2. The molecular weight excluding hydrogens is 476 g/mol. The lowest BCUT2D eigenvalue weighted by molar-refractivity contribution is 0.141. The molecule has 0 radical (unpaired) electrons. The van der Waals surface area contributed by atoms with E-state index in [1.165, 1.54) is 51.1 Å². The average Bonchev–Trinajstić information content (AvgIpc) is 3.62. The normalized spacial score (nSPS) is 17.3. The van der Waals surface area contributed by atoms with Crippen molar-refractivity contribution in [2.75, 3.05) is 13.3 Å². The van der Waals surface area contributed by atoms with E-state index in [0.29, 0.717) is 12.8 Å². The Labute approximate surface area is 223 Å². The van der Waals surface area contributed by atoms with Crippen molar-refractivity contribution < 1.29 is 9.47 Å². The zero-order valence-electron chi connectivity index (χ0n) is 21.7. The molecule has 1 fully saturated rings. The highest BCUT2D eigenvalue weighted by Gasteiger charge is 2.28. The molecule has 1 atom stereocenters. The number of rotatable bonds is 7. The second-order valence-electron chi connectivity index (χ2n) is 9.92. The molecule has 2 aliphatic rings. The Balaban J connectivity index is 1.35. The molecule has 3 aromatic carbocycles. The van der Waals surface area contributed by atoms with E-state index < -0.39 is 0 Å². The molecule has 3 heterocycles.